The maximum absolute atomic E-state index is 12.3. The molecule has 0 bridgehead atoms. The summed E-state index contributed by atoms with van der Waals surface area (Å²) in [4.78, 5) is 5.56. The lowest BCUT2D eigenvalue weighted by molar-refractivity contribution is -0.207. The van der Waals surface area contributed by atoms with Gasteiger partial charge in [0.2, 0.25) is 5.89 Å². The van der Waals surface area contributed by atoms with Crippen molar-refractivity contribution in [3.8, 4) is 17.2 Å². The van der Waals surface area contributed by atoms with E-state index < -0.39 is 18.8 Å². The average Bonchev–Trinajstić information content (AvgIpc) is 2.94. The van der Waals surface area contributed by atoms with E-state index in [1.54, 1.807) is 31.4 Å². The zero-order valence-electron chi connectivity index (χ0n) is 12.7. The minimum absolute atomic E-state index is 0.132. The van der Waals surface area contributed by atoms with Gasteiger partial charge in [0.1, 0.15) is 12.0 Å². The van der Waals surface area contributed by atoms with Crippen LogP contribution in [0.4, 0.5) is 13.2 Å². The normalized spacial score (nSPS) is 13.3. The van der Waals surface area contributed by atoms with Crippen LogP contribution < -0.4 is 4.74 Å². The van der Waals surface area contributed by atoms with Gasteiger partial charge in [0, 0.05) is 18.7 Å². The summed E-state index contributed by atoms with van der Waals surface area (Å²) in [6, 6.07) is 7.05. The number of hydrogen-bond acceptors (Lipinski definition) is 5. The van der Waals surface area contributed by atoms with Crippen LogP contribution in [0.3, 0.4) is 0 Å². The second-order valence-corrected chi connectivity index (χ2v) is 5.13. The fourth-order valence-electron chi connectivity index (χ4n) is 1.99. The van der Waals surface area contributed by atoms with Gasteiger partial charge in [-0.05, 0) is 31.3 Å². The SMILES string of the molecule is COc1ccc(-c2nc(CN(C)CC(O)C(F)(F)F)co2)cc1. The van der Waals surface area contributed by atoms with Gasteiger partial charge in [0.05, 0.1) is 12.8 Å². The molecule has 0 radical (unpaired) electrons. The third-order valence-corrected chi connectivity index (χ3v) is 3.18. The first-order chi connectivity index (χ1) is 10.8. The Balaban J connectivity index is 1.98. The molecule has 0 saturated heterocycles. The van der Waals surface area contributed by atoms with E-state index in [4.69, 9.17) is 14.3 Å². The number of aromatic nitrogens is 1. The van der Waals surface area contributed by atoms with Crippen LogP contribution >= 0.6 is 0 Å². The summed E-state index contributed by atoms with van der Waals surface area (Å²) < 4.78 is 47.3. The van der Waals surface area contributed by atoms with Crippen LogP contribution in [0.25, 0.3) is 11.5 Å². The van der Waals surface area contributed by atoms with Crippen molar-refractivity contribution in [3.05, 3.63) is 36.2 Å². The number of ether oxygens (including phenoxy) is 1. The highest BCUT2D eigenvalue weighted by atomic mass is 19.4. The molecule has 1 N–H and O–H groups in total. The highest BCUT2D eigenvalue weighted by Gasteiger charge is 2.38. The van der Waals surface area contributed by atoms with E-state index in [1.807, 2.05) is 0 Å². The first-order valence-corrected chi connectivity index (χ1v) is 6.81. The molecular weight excluding hydrogens is 313 g/mol. The molecule has 1 atom stereocenters. The topological polar surface area (TPSA) is 58.7 Å². The Hall–Kier alpha value is -2.06. The van der Waals surface area contributed by atoms with Crippen molar-refractivity contribution in [2.24, 2.45) is 0 Å². The predicted molar refractivity (Wildman–Crippen MR) is 76.9 cm³/mol. The van der Waals surface area contributed by atoms with Gasteiger partial charge in [0.15, 0.2) is 6.10 Å². The van der Waals surface area contributed by atoms with Gasteiger partial charge in [-0.3, -0.25) is 4.90 Å². The summed E-state index contributed by atoms with van der Waals surface area (Å²) in [5.41, 5.74) is 1.21. The molecule has 0 aliphatic carbocycles. The molecule has 1 heterocycles. The maximum atomic E-state index is 12.3. The monoisotopic (exact) mass is 330 g/mol. The highest BCUT2D eigenvalue weighted by molar-refractivity contribution is 5.54. The Bertz CT molecular complexity index is 626. The number of oxazole rings is 1. The van der Waals surface area contributed by atoms with Crippen molar-refractivity contribution in [1.29, 1.82) is 0 Å². The largest absolute Gasteiger partial charge is 0.497 e. The first kappa shape index (κ1) is 17.3. The van der Waals surface area contributed by atoms with E-state index in [-0.39, 0.29) is 6.54 Å². The number of halogens is 3. The van der Waals surface area contributed by atoms with Crippen LogP contribution in [-0.2, 0) is 6.54 Å². The van der Waals surface area contributed by atoms with E-state index in [0.717, 1.165) is 5.56 Å². The van der Waals surface area contributed by atoms with Gasteiger partial charge in [-0.15, -0.1) is 0 Å². The fraction of sp³-hybridized carbons (Fsp3) is 0.400. The van der Waals surface area contributed by atoms with Crippen LogP contribution in [0, 0.1) is 0 Å². The molecular formula is C15H17F3N2O3. The number of hydrogen-bond donors (Lipinski definition) is 1. The van der Waals surface area contributed by atoms with E-state index in [2.05, 4.69) is 4.98 Å². The molecule has 126 valence electrons. The van der Waals surface area contributed by atoms with Crippen LogP contribution in [0.2, 0.25) is 0 Å². The average molecular weight is 330 g/mol. The summed E-state index contributed by atoms with van der Waals surface area (Å²) in [6.07, 6.45) is -5.64. The smallest absolute Gasteiger partial charge is 0.415 e. The van der Waals surface area contributed by atoms with Crippen molar-refractivity contribution in [2.45, 2.75) is 18.8 Å². The number of nitrogens with zero attached hydrogens (tertiary/aromatic N) is 2. The minimum atomic E-state index is -4.63. The number of aliphatic hydroxyl groups excluding tert-OH is 1. The van der Waals surface area contributed by atoms with Crippen LogP contribution in [0.15, 0.2) is 34.9 Å². The maximum Gasteiger partial charge on any atom is 0.415 e. The summed E-state index contributed by atoms with van der Waals surface area (Å²) in [5, 5.41) is 9.04. The molecule has 0 saturated carbocycles. The second-order valence-electron chi connectivity index (χ2n) is 5.13. The van der Waals surface area contributed by atoms with Gasteiger partial charge in [-0.1, -0.05) is 0 Å². The number of likely N-dealkylation sites (N-methyl/N-ethyl adjacent to an activating group) is 1. The minimum Gasteiger partial charge on any atom is -0.497 e. The molecule has 0 fully saturated rings. The van der Waals surface area contributed by atoms with Crippen LogP contribution in [0.5, 0.6) is 5.75 Å². The third kappa shape index (κ3) is 4.70. The zero-order chi connectivity index (χ0) is 17.0. The van der Waals surface area contributed by atoms with E-state index in [1.165, 1.54) is 18.2 Å². The first-order valence-electron chi connectivity index (χ1n) is 6.81. The standard InChI is InChI=1S/C15H17F3N2O3/c1-20(8-13(21)15(16,17)18)7-11-9-23-14(19-11)10-3-5-12(22-2)6-4-10/h3-6,9,13,21H,7-8H2,1-2H3. The van der Waals surface area contributed by atoms with Gasteiger partial charge in [-0.2, -0.15) is 13.2 Å². The second kappa shape index (κ2) is 7.01. The van der Waals surface area contributed by atoms with Gasteiger partial charge in [0.25, 0.3) is 0 Å². The molecule has 2 aromatic rings. The van der Waals surface area contributed by atoms with Gasteiger partial charge < -0.3 is 14.3 Å². The Labute approximate surface area is 131 Å². The van der Waals surface area contributed by atoms with Crippen molar-refractivity contribution in [1.82, 2.24) is 9.88 Å². The zero-order valence-corrected chi connectivity index (χ0v) is 12.7. The van der Waals surface area contributed by atoms with Gasteiger partial charge in [-0.25, -0.2) is 4.98 Å². The Kier molecular flexibility index (Phi) is 5.27. The molecule has 0 amide bonds. The van der Waals surface area contributed by atoms with Gasteiger partial charge >= 0.3 is 6.18 Å². The van der Waals surface area contributed by atoms with E-state index in [9.17, 15) is 13.2 Å². The summed E-state index contributed by atoms with van der Waals surface area (Å²) in [6.45, 7) is -0.402. The van der Waals surface area contributed by atoms with E-state index >= 15 is 0 Å². The Morgan fingerprint density at radius 3 is 2.52 bits per heavy atom. The fourth-order valence-corrected chi connectivity index (χ4v) is 1.99. The van der Waals surface area contributed by atoms with Crippen molar-refractivity contribution < 1.29 is 27.4 Å². The molecule has 1 aromatic heterocycles. The number of benzene rings is 1. The molecule has 8 heteroatoms. The lowest BCUT2D eigenvalue weighted by atomic mass is 10.2. The molecule has 0 aliphatic heterocycles. The lowest BCUT2D eigenvalue weighted by Crippen LogP contribution is -2.39. The van der Waals surface area contributed by atoms with Crippen LogP contribution in [-0.4, -0.2) is 48.0 Å². The summed E-state index contributed by atoms with van der Waals surface area (Å²) >= 11 is 0. The lowest BCUT2D eigenvalue weighted by Gasteiger charge is -2.21. The predicted octanol–water partition coefficient (Wildman–Crippen LogP) is 2.71. The Morgan fingerprint density at radius 1 is 1.30 bits per heavy atom. The molecule has 23 heavy (non-hydrogen) atoms. The molecule has 5 nitrogen and oxygen atoms in total. The number of alkyl halides is 3. The molecule has 2 rings (SSSR count). The van der Waals surface area contributed by atoms with Crippen LogP contribution in [0.1, 0.15) is 5.69 Å². The summed E-state index contributed by atoms with van der Waals surface area (Å²) in [5.74, 6) is 1.06. The number of methoxy groups -OCH3 is 1. The quantitative estimate of drug-likeness (QED) is 0.882. The van der Waals surface area contributed by atoms with E-state index in [0.29, 0.717) is 17.3 Å². The van der Waals surface area contributed by atoms with Crippen molar-refractivity contribution in [3.63, 3.8) is 0 Å². The molecule has 1 aromatic carbocycles. The third-order valence-electron chi connectivity index (χ3n) is 3.18. The molecule has 0 aliphatic rings. The number of aliphatic hydroxyl groups is 1. The molecule has 1 unspecified atom stereocenters. The van der Waals surface area contributed by atoms with Crippen molar-refractivity contribution >= 4 is 0 Å². The van der Waals surface area contributed by atoms with Crippen molar-refractivity contribution in [2.75, 3.05) is 20.7 Å². The number of rotatable bonds is 6. The Morgan fingerprint density at radius 2 is 1.96 bits per heavy atom. The summed E-state index contributed by atoms with van der Waals surface area (Å²) in [7, 11) is 3.03. The highest BCUT2D eigenvalue weighted by Crippen LogP contribution is 2.23. The molecule has 0 spiro atoms.